The Balaban J connectivity index is 1.13. The van der Waals surface area contributed by atoms with Crippen LogP contribution in [0.15, 0.2) is 152 Å². The van der Waals surface area contributed by atoms with Gasteiger partial charge in [0.25, 0.3) is 0 Å². The highest BCUT2D eigenvalue weighted by Crippen LogP contribution is 2.42. The van der Waals surface area contributed by atoms with Crippen LogP contribution in [-0.4, -0.2) is 24.1 Å². The van der Waals surface area contributed by atoms with Gasteiger partial charge in [0.2, 0.25) is 0 Å². The third-order valence-electron chi connectivity index (χ3n) is 9.11. The molecule has 0 aliphatic heterocycles. The lowest BCUT2D eigenvalue weighted by atomic mass is 10.0. The minimum absolute atomic E-state index is 0.734. The number of rotatable bonds is 4. The predicted molar refractivity (Wildman–Crippen MR) is 195 cm³/mol. The van der Waals surface area contributed by atoms with E-state index in [0.717, 1.165) is 33.9 Å². The number of hydrogen-bond acceptors (Lipinski definition) is 4. The van der Waals surface area contributed by atoms with Crippen LogP contribution in [0.2, 0.25) is 0 Å². The Morgan fingerprint density at radius 3 is 2.11 bits per heavy atom. The molecule has 0 fully saturated rings. The minimum atomic E-state index is 0.734. The topological polar surface area (TPSA) is 48.5 Å². The third kappa shape index (κ3) is 3.98. The molecule has 6 aromatic carbocycles. The lowest BCUT2D eigenvalue weighted by molar-refractivity contribution is 1.06. The molecular formula is C41H25N5S. The summed E-state index contributed by atoms with van der Waals surface area (Å²) >= 11 is 1.88. The number of nitrogens with zero attached hydrogens (tertiary/aromatic N) is 5. The first-order valence-corrected chi connectivity index (χ1v) is 16.4. The van der Waals surface area contributed by atoms with E-state index in [-0.39, 0.29) is 0 Å². The zero-order valence-electron chi connectivity index (χ0n) is 25.1. The van der Waals surface area contributed by atoms with Crippen molar-refractivity contribution >= 4 is 64.3 Å². The van der Waals surface area contributed by atoms with Crippen LogP contribution >= 0.6 is 11.3 Å². The molecule has 220 valence electrons. The SMILES string of the molecule is c1ccc2c(c1)nc(-c1cnccn1)n2-c1ccc(-n2c3ccccc3c3cc(-c4cccc5c4sc4ccccc45)ccc32)cc1. The first kappa shape index (κ1) is 26.1. The van der Waals surface area contributed by atoms with Gasteiger partial charge < -0.3 is 4.57 Å². The number of imidazole rings is 1. The molecule has 5 nitrogen and oxygen atoms in total. The van der Waals surface area contributed by atoms with Gasteiger partial charge in [-0.1, -0.05) is 72.8 Å². The summed E-state index contributed by atoms with van der Waals surface area (Å²) in [5.74, 6) is 0.769. The van der Waals surface area contributed by atoms with Crippen molar-refractivity contribution in [3.8, 4) is 34.0 Å². The summed E-state index contributed by atoms with van der Waals surface area (Å²) in [4.78, 5) is 13.8. The molecule has 0 unspecified atom stereocenters. The van der Waals surface area contributed by atoms with E-state index in [4.69, 9.17) is 4.98 Å². The second-order valence-corrected chi connectivity index (χ2v) is 12.8. The predicted octanol–water partition coefficient (Wildman–Crippen LogP) is 10.6. The van der Waals surface area contributed by atoms with Crippen LogP contribution in [0.3, 0.4) is 0 Å². The Morgan fingerprint density at radius 1 is 0.532 bits per heavy atom. The lowest BCUT2D eigenvalue weighted by Crippen LogP contribution is -2.00. The molecule has 10 rings (SSSR count). The fraction of sp³-hybridized carbons (Fsp3) is 0. The summed E-state index contributed by atoms with van der Waals surface area (Å²) in [5.41, 5.74) is 9.67. The van der Waals surface area contributed by atoms with E-state index in [2.05, 4.69) is 134 Å². The van der Waals surface area contributed by atoms with Gasteiger partial charge in [0, 0.05) is 54.7 Å². The zero-order chi connectivity index (χ0) is 30.9. The van der Waals surface area contributed by atoms with Crippen LogP contribution in [0.25, 0.3) is 87.0 Å². The quantitative estimate of drug-likeness (QED) is 0.197. The normalized spacial score (nSPS) is 11.8. The summed E-state index contributed by atoms with van der Waals surface area (Å²) < 4.78 is 7.19. The van der Waals surface area contributed by atoms with E-state index in [0.29, 0.717) is 0 Å². The van der Waals surface area contributed by atoms with E-state index in [1.807, 2.05) is 29.5 Å². The van der Waals surface area contributed by atoms with E-state index in [9.17, 15) is 0 Å². The molecule has 0 bridgehead atoms. The number of aromatic nitrogens is 5. The van der Waals surface area contributed by atoms with Crippen molar-refractivity contribution in [2.45, 2.75) is 0 Å². The second-order valence-electron chi connectivity index (χ2n) is 11.7. The lowest BCUT2D eigenvalue weighted by Gasteiger charge is -2.12. The summed E-state index contributed by atoms with van der Waals surface area (Å²) in [7, 11) is 0. The van der Waals surface area contributed by atoms with Gasteiger partial charge in [-0.15, -0.1) is 11.3 Å². The molecule has 0 saturated carbocycles. The Bertz CT molecular complexity index is 2790. The van der Waals surface area contributed by atoms with Gasteiger partial charge in [0.15, 0.2) is 5.82 Å². The molecule has 0 saturated heterocycles. The summed E-state index contributed by atoms with van der Waals surface area (Å²) in [6.07, 6.45) is 5.16. The Labute approximate surface area is 273 Å². The van der Waals surface area contributed by atoms with Crippen molar-refractivity contribution in [1.29, 1.82) is 0 Å². The minimum Gasteiger partial charge on any atom is -0.309 e. The van der Waals surface area contributed by atoms with Crippen LogP contribution in [0.5, 0.6) is 0 Å². The largest absolute Gasteiger partial charge is 0.309 e. The number of fused-ring (bicyclic) bond motifs is 7. The molecule has 0 atom stereocenters. The number of para-hydroxylation sites is 3. The Hall–Kier alpha value is -6.11. The van der Waals surface area contributed by atoms with Gasteiger partial charge in [-0.2, -0.15) is 0 Å². The Kier molecular flexibility index (Phi) is 5.68. The Morgan fingerprint density at radius 2 is 1.26 bits per heavy atom. The van der Waals surface area contributed by atoms with Gasteiger partial charge in [-0.05, 0) is 71.8 Å². The molecule has 4 aromatic heterocycles. The third-order valence-corrected chi connectivity index (χ3v) is 10.3. The first-order valence-electron chi connectivity index (χ1n) is 15.6. The van der Waals surface area contributed by atoms with Crippen molar-refractivity contribution in [3.05, 3.63) is 152 Å². The first-order chi connectivity index (χ1) is 23.3. The average Bonchev–Trinajstić information content (AvgIpc) is 3.82. The average molecular weight is 620 g/mol. The molecule has 0 N–H and O–H groups in total. The van der Waals surface area contributed by atoms with Gasteiger partial charge in [-0.25, -0.2) is 9.97 Å². The van der Waals surface area contributed by atoms with E-state index >= 15 is 0 Å². The maximum Gasteiger partial charge on any atom is 0.166 e. The molecule has 0 amide bonds. The van der Waals surface area contributed by atoms with E-state index < -0.39 is 0 Å². The zero-order valence-corrected chi connectivity index (χ0v) is 25.9. The highest BCUT2D eigenvalue weighted by Gasteiger charge is 2.18. The van der Waals surface area contributed by atoms with Crippen molar-refractivity contribution in [2.75, 3.05) is 0 Å². The van der Waals surface area contributed by atoms with Gasteiger partial charge >= 0.3 is 0 Å². The molecule has 0 radical (unpaired) electrons. The highest BCUT2D eigenvalue weighted by molar-refractivity contribution is 7.26. The maximum atomic E-state index is 4.93. The molecule has 6 heteroatoms. The summed E-state index contributed by atoms with van der Waals surface area (Å²) in [6, 6.07) is 47.9. The molecule has 47 heavy (non-hydrogen) atoms. The van der Waals surface area contributed by atoms with Gasteiger partial charge in [-0.3, -0.25) is 9.55 Å². The molecule has 0 aliphatic rings. The standard InChI is InChI=1S/C41H25N5S/c1-4-13-36-30(8-1)33-24-26(29-10-7-11-32-31-9-2-6-15-39(31)47-40(29)32)16-21-37(33)45(36)27-17-19-28(20-18-27)46-38-14-5-3-12-34(38)44-41(46)35-25-42-22-23-43-35/h1-25H. The molecule has 10 aromatic rings. The van der Waals surface area contributed by atoms with Crippen molar-refractivity contribution in [2.24, 2.45) is 0 Å². The summed E-state index contributed by atoms with van der Waals surface area (Å²) in [5, 5.41) is 5.12. The van der Waals surface area contributed by atoms with Crippen molar-refractivity contribution in [1.82, 2.24) is 24.1 Å². The van der Waals surface area contributed by atoms with Crippen LogP contribution in [0.4, 0.5) is 0 Å². The maximum absolute atomic E-state index is 4.93. The number of thiophene rings is 1. The van der Waals surface area contributed by atoms with E-state index in [1.165, 1.54) is 53.1 Å². The van der Waals surface area contributed by atoms with Crippen molar-refractivity contribution < 1.29 is 0 Å². The van der Waals surface area contributed by atoms with Gasteiger partial charge in [0.05, 0.1) is 28.3 Å². The van der Waals surface area contributed by atoms with Crippen LogP contribution in [0, 0.1) is 0 Å². The van der Waals surface area contributed by atoms with Crippen LogP contribution < -0.4 is 0 Å². The van der Waals surface area contributed by atoms with Gasteiger partial charge in [0.1, 0.15) is 5.69 Å². The van der Waals surface area contributed by atoms with Crippen molar-refractivity contribution in [3.63, 3.8) is 0 Å². The number of benzene rings is 6. The van der Waals surface area contributed by atoms with Crippen LogP contribution in [-0.2, 0) is 0 Å². The highest BCUT2D eigenvalue weighted by atomic mass is 32.1. The molecule has 0 spiro atoms. The summed E-state index contributed by atoms with van der Waals surface area (Å²) in [6.45, 7) is 0. The monoisotopic (exact) mass is 619 g/mol. The smallest absolute Gasteiger partial charge is 0.166 e. The fourth-order valence-corrected chi connectivity index (χ4v) is 8.26. The molecular weight excluding hydrogens is 595 g/mol. The second kappa shape index (κ2) is 10.2. The molecule has 4 heterocycles. The fourth-order valence-electron chi connectivity index (χ4n) is 7.02. The van der Waals surface area contributed by atoms with Crippen LogP contribution in [0.1, 0.15) is 0 Å². The van der Waals surface area contributed by atoms with E-state index in [1.54, 1.807) is 18.6 Å². The molecule has 0 aliphatic carbocycles. The number of hydrogen-bond donors (Lipinski definition) is 0.